The number of carboxylic acids is 1. The molecule has 2 aromatic carbocycles. The zero-order valence-electron chi connectivity index (χ0n) is 19.5. The van der Waals surface area contributed by atoms with Gasteiger partial charge < -0.3 is 30.0 Å². The molecule has 0 atom stereocenters. The van der Waals surface area contributed by atoms with Gasteiger partial charge in [0.15, 0.2) is 0 Å². The summed E-state index contributed by atoms with van der Waals surface area (Å²) >= 11 is 0. The van der Waals surface area contributed by atoms with Crippen molar-refractivity contribution in [3.8, 4) is 11.1 Å². The number of amides is 2. The van der Waals surface area contributed by atoms with Gasteiger partial charge in [-0.15, -0.1) is 0 Å². The van der Waals surface area contributed by atoms with E-state index in [0.717, 1.165) is 22.3 Å². The van der Waals surface area contributed by atoms with E-state index < -0.39 is 24.2 Å². The molecule has 9 nitrogen and oxygen atoms in total. The summed E-state index contributed by atoms with van der Waals surface area (Å²) < 4.78 is 16.1. The van der Waals surface area contributed by atoms with Crippen LogP contribution in [0.1, 0.15) is 36.3 Å². The Kier molecular flexibility index (Phi) is 7.99. The third kappa shape index (κ3) is 6.17. The van der Waals surface area contributed by atoms with Crippen LogP contribution in [-0.4, -0.2) is 68.2 Å². The van der Waals surface area contributed by atoms with Gasteiger partial charge in [0.05, 0.1) is 12.1 Å². The lowest BCUT2D eigenvalue weighted by atomic mass is 9.86. The average Bonchev–Trinajstić information content (AvgIpc) is 3.16. The summed E-state index contributed by atoms with van der Waals surface area (Å²) in [6.07, 6.45) is 0.478. The average molecular weight is 483 g/mol. The van der Waals surface area contributed by atoms with E-state index in [4.69, 9.17) is 19.3 Å². The molecule has 1 heterocycles. The topological polar surface area (TPSA) is 123 Å². The quantitative estimate of drug-likeness (QED) is 0.445. The van der Waals surface area contributed by atoms with Gasteiger partial charge in [-0.3, -0.25) is 4.79 Å². The van der Waals surface area contributed by atoms with E-state index in [1.54, 1.807) is 0 Å². The van der Waals surface area contributed by atoms with Gasteiger partial charge in [-0.25, -0.2) is 9.59 Å². The van der Waals surface area contributed by atoms with Crippen molar-refractivity contribution < 1.29 is 33.7 Å². The standard InChI is InChI=1S/C26H30N2O7/c29-23(27-11-14-34-17-24(30)31)15-26(9-12-33-13-10-26)28-25(32)35-16-22-20-7-3-1-5-18(20)19-6-2-4-8-21(19)22/h1-8,22H,9-17H2,(H,27,29)(H,28,32)(H,30,31). The van der Waals surface area contributed by atoms with Crippen LogP contribution in [0.4, 0.5) is 4.79 Å². The van der Waals surface area contributed by atoms with Crippen LogP contribution in [0.15, 0.2) is 48.5 Å². The number of carbonyl (C=O) groups excluding carboxylic acids is 2. The Morgan fingerprint density at radius 2 is 1.63 bits per heavy atom. The van der Waals surface area contributed by atoms with Crippen LogP contribution in [0.5, 0.6) is 0 Å². The lowest BCUT2D eigenvalue weighted by Gasteiger charge is -2.37. The van der Waals surface area contributed by atoms with Crippen molar-refractivity contribution >= 4 is 18.0 Å². The van der Waals surface area contributed by atoms with Gasteiger partial charge in [0, 0.05) is 32.1 Å². The highest BCUT2D eigenvalue weighted by Crippen LogP contribution is 2.44. The van der Waals surface area contributed by atoms with Crippen LogP contribution in [0, 0.1) is 0 Å². The lowest BCUT2D eigenvalue weighted by molar-refractivity contribution is -0.142. The predicted octanol–water partition coefficient (Wildman–Crippen LogP) is 2.68. The third-order valence-corrected chi connectivity index (χ3v) is 6.45. The van der Waals surface area contributed by atoms with E-state index in [0.29, 0.717) is 26.1 Å². The summed E-state index contributed by atoms with van der Waals surface area (Å²) in [5.74, 6) is -1.37. The number of nitrogens with one attached hydrogen (secondary N) is 2. The fraction of sp³-hybridized carbons (Fsp3) is 0.423. The fourth-order valence-electron chi connectivity index (χ4n) is 4.75. The van der Waals surface area contributed by atoms with Crippen molar-refractivity contribution in [3.05, 3.63) is 59.7 Å². The molecule has 0 unspecified atom stereocenters. The van der Waals surface area contributed by atoms with Gasteiger partial charge in [-0.05, 0) is 35.1 Å². The molecule has 0 radical (unpaired) electrons. The minimum atomic E-state index is -1.07. The maximum absolute atomic E-state index is 12.9. The van der Waals surface area contributed by atoms with Crippen LogP contribution in [0.25, 0.3) is 11.1 Å². The Bertz CT molecular complexity index is 1020. The monoisotopic (exact) mass is 482 g/mol. The van der Waals surface area contributed by atoms with E-state index in [1.807, 2.05) is 24.3 Å². The molecule has 2 amide bonds. The number of rotatable bonds is 10. The minimum absolute atomic E-state index is 0.0482. The number of alkyl carbamates (subject to hydrolysis) is 1. The molecule has 1 fully saturated rings. The highest BCUT2D eigenvalue weighted by molar-refractivity contribution is 5.80. The van der Waals surface area contributed by atoms with Crippen molar-refractivity contribution in [3.63, 3.8) is 0 Å². The van der Waals surface area contributed by atoms with Crippen LogP contribution in [-0.2, 0) is 23.8 Å². The van der Waals surface area contributed by atoms with Gasteiger partial charge in [-0.2, -0.15) is 0 Å². The zero-order valence-corrected chi connectivity index (χ0v) is 19.5. The molecule has 0 spiro atoms. The molecule has 0 bridgehead atoms. The molecule has 1 saturated heterocycles. The lowest BCUT2D eigenvalue weighted by Crippen LogP contribution is -2.54. The zero-order chi connectivity index (χ0) is 24.7. The highest BCUT2D eigenvalue weighted by Gasteiger charge is 2.37. The molecule has 2 aromatic rings. The highest BCUT2D eigenvalue weighted by atomic mass is 16.5. The molecule has 1 aliphatic heterocycles. The van der Waals surface area contributed by atoms with Gasteiger partial charge in [0.25, 0.3) is 0 Å². The van der Waals surface area contributed by atoms with Crippen LogP contribution >= 0.6 is 0 Å². The summed E-state index contributed by atoms with van der Waals surface area (Å²) in [4.78, 5) is 35.9. The second-order valence-electron chi connectivity index (χ2n) is 8.82. The summed E-state index contributed by atoms with van der Waals surface area (Å²) in [7, 11) is 0. The van der Waals surface area contributed by atoms with Gasteiger partial charge >= 0.3 is 12.1 Å². The van der Waals surface area contributed by atoms with E-state index in [-0.39, 0.29) is 38.0 Å². The molecule has 3 N–H and O–H groups in total. The maximum atomic E-state index is 12.9. The van der Waals surface area contributed by atoms with Crippen LogP contribution < -0.4 is 10.6 Å². The molecule has 1 aliphatic carbocycles. The molecule has 35 heavy (non-hydrogen) atoms. The summed E-state index contributed by atoms with van der Waals surface area (Å²) in [6, 6.07) is 16.3. The Balaban J connectivity index is 1.34. The van der Waals surface area contributed by atoms with E-state index in [9.17, 15) is 14.4 Å². The predicted molar refractivity (Wildman–Crippen MR) is 127 cm³/mol. The summed E-state index contributed by atoms with van der Waals surface area (Å²) in [6.45, 7) is 0.912. The first kappa shape index (κ1) is 24.7. The van der Waals surface area contributed by atoms with E-state index in [1.165, 1.54) is 0 Å². The van der Waals surface area contributed by atoms with E-state index in [2.05, 4.69) is 34.9 Å². The number of carboxylic acid groups (broad SMARTS) is 1. The number of benzene rings is 2. The number of fused-ring (bicyclic) bond motifs is 3. The Labute approximate surface area is 203 Å². The molecular weight excluding hydrogens is 452 g/mol. The molecule has 0 aromatic heterocycles. The first-order valence-corrected chi connectivity index (χ1v) is 11.7. The number of aliphatic carboxylic acids is 1. The molecule has 4 rings (SSSR count). The molecule has 9 heteroatoms. The molecule has 0 saturated carbocycles. The smallest absolute Gasteiger partial charge is 0.407 e. The van der Waals surface area contributed by atoms with Crippen molar-refractivity contribution in [2.24, 2.45) is 0 Å². The Hall–Kier alpha value is -3.43. The Morgan fingerprint density at radius 3 is 2.26 bits per heavy atom. The third-order valence-electron chi connectivity index (χ3n) is 6.45. The van der Waals surface area contributed by atoms with Crippen LogP contribution in [0.2, 0.25) is 0 Å². The first-order valence-electron chi connectivity index (χ1n) is 11.7. The number of hydrogen-bond donors (Lipinski definition) is 3. The fourth-order valence-corrected chi connectivity index (χ4v) is 4.75. The van der Waals surface area contributed by atoms with Crippen molar-refractivity contribution in [2.45, 2.75) is 30.7 Å². The van der Waals surface area contributed by atoms with Crippen molar-refractivity contribution in [2.75, 3.05) is 39.6 Å². The summed E-state index contributed by atoms with van der Waals surface area (Å²) in [5.41, 5.74) is 3.80. The number of ether oxygens (including phenoxy) is 3. The SMILES string of the molecule is O=C(O)COCCNC(=O)CC1(NC(=O)OCC2c3ccccc3-c3ccccc32)CCOCC1. The van der Waals surface area contributed by atoms with Crippen LogP contribution in [0.3, 0.4) is 0 Å². The number of carbonyl (C=O) groups is 3. The van der Waals surface area contributed by atoms with Gasteiger partial charge in [0.2, 0.25) is 5.91 Å². The maximum Gasteiger partial charge on any atom is 0.407 e. The summed E-state index contributed by atoms with van der Waals surface area (Å²) in [5, 5.41) is 14.2. The first-order chi connectivity index (χ1) is 17.0. The second-order valence-corrected chi connectivity index (χ2v) is 8.82. The van der Waals surface area contributed by atoms with Crippen molar-refractivity contribution in [1.29, 1.82) is 0 Å². The van der Waals surface area contributed by atoms with Crippen molar-refractivity contribution in [1.82, 2.24) is 10.6 Å². The largest absolute Gasteiger partial charge is 0.480 e. The molecular formula is C26H30N2O7. The second kappa shape index (κ2) is 11.3. The normalized spacial score (nSPS) is 16.1. The van der Waals surface area contributed by atoms with Gasteiger partial charge in [0.1, 0.15) is 13.2 Å². The Morgan fingerprint density at radius 1 is 1.00 bits per heavy atom. The molecule has 2 aliphatic rings. The molecule has 186 valence electrons. The van der Waals surface area contributed by atoms with E-state index >= 15 is 0 Å². The van der Waals surface area contributed by atoms with Gasteiger partial charge in [-0.1, -0.05) is 48.5 Å². The minimum Gasteiger partial charge on any atom is -0.480 e. The number of hydrogen-bond acceptors (Lipinski definition) is 6.